The molecule has 3 N–H and O–H groups in total. The number of alkyl halides is 2. The second kappa shape index (κ2) is 10.8. The van der Waals surface area contributed by atoms with Gasteiger partial charge in [0.1, 0.15) is 17.8 Å². The van der Waals surface area contributed by atoms with Crippen molar-refractivity contribution in [1.29, 1.82) is 5.26 Å². The molecule has 36 heavy (non-hydrogen) atoms. The average Bonchev–Trinajstić information content (AvgIpc) is 3.64. The molecule has 0 spiro atoms. The van der Waals surface area contributed by atoms with Gasteiger partial charge in [0.2, 0.25) is 0 Å². The lowest BCUT2D eigenvalue weighted by molar-refractivity contribution is 0.0220. The van der Waals surface area contributed by atoms with Crippen molar-refractivity contribution < 1.29 is 23.0 Å². The molecule has 3 heterocycles. The van der Waals surface area contributed by atoms with Gasteiger partial charge in [-0.1, -0.05) is 0 Å². The quantitative estimate of drug-likeness (QED) is 0.494. The average molecular weight is 503 g/mol. The van der Waals surface area contributed by atoms with Gasteiger partial charge in [-0.15, -0.1) is 0 Å². The first-order valence-corrected chi connectivity index (χ1v) is 11.7. The second-order valence-electron chi connectivity index (χ2n) is 9.20. The summed E-state index contributed by atoms with van der Waals surface area (Å²) in [6.45, 7) is 1.90. The minimum atomic E-state index is -3.05. The molecule has 4 rings (SSSR count). The molecule has 11 nitrogen and oxygen atoms in total. The highest BCUT2D eigenvalue weighted by Gasteiger charge is 2.38. The Bertz CT molecular complexity index is 1120. The van der Waals surface area contributed by atoms with E-state index in [9.17, 15) is 13.6 Å². The number of rotatable bonds is 10. The van der Waals surface area contributed by atoms with Gasteiger partial charge in [0.15, 0.2) is 11.6 Å². The van der Waals surface area contributed by atoms with Crippen molar-refractivity contribution in [2.24, 2.45) is 17.8 Å². The molecule has 2 aromatic rings. The zero-order chi connectivity index (χ0) is 25.7. The smallest absolute Gasteiger partial charge is 0.319 e. The highest BCUT2D eigenvalue weighted by atomic mass is 19.3. The second-order valence-corrected chi connectivity index (χ2v) is 9.20. The Morgan fingerprint density at radius 3 is 2.75 bits per heavy atom. The van der Waals surface area contributed by atoms with Crippen LogP contribution < -0.4 is 25.4 Å². The van der Waals surface area contributed by atoms with Crippen molar-refractivity contribution in [3.8, 4) is 17.8 Å². The van der Waals surface area contributed by atoms with Crippen molar-refractivity contribution in [2.75, 3.05) is 43.5 Å². The van der Waals surface area contributed by atoms with Crippen LogP contribution >= 0.6 is 0 Å². The molecule has 2 aromatic heterocycles. The van der Waals surface area contributed by atoms with E-state index in [0.717, 1.165) is 26.2 Å². The van der Waals surface area contributed by atoms with E-state index in [-0.39, 0.29) is 41.9 Å². The number of hydrogen-bond donors (Lipinski definition) is 2. The topological polar surface area (TPSA) is 152 Å². The number of nitrogens with one attached hydrogen (secondary N) is 1. The van der Waals surface area contributed by atoms with Crippen LogP contribution in [-0.2, 0) is 0 Å². The molecular weight excluding hydrogens is 474 g/mol. The normalized spacial score (nSPS) is 19.9. The summed E-state index contributed by atoms with van der Waals surface area (Å²) in [6, 6.07) is 3.65. The number of nitrogens with two attached hydrogens (primary N) is 1. The third-order valence-electron chi connectivity index (χ3n) is 6.12. The monoisotopic (exact) mass is 502 g/mol. The fraction of sp³-hybridized carbons (Fsp3) is 0.565. The molecule has 1 aliphatic heterocycles. The lowest BCUT2D eigenvalue weighted by Crippen LogP contribution is -2.37. The summed E-state index contributed by atoms with van der Waals surface area (Å²) in [6.07, 6.45) is 5.22. The van der Waals surface area contributed by atoms with Crippen LogP contribution in [0, 0.1) is 29.1 Å². The Morgan fingerprint density at radius 2 is 2.08 bits per heavy atom. The van der Waals surface area contributed by atoms with Gasteiger partial charge < -0.3 is 25.4 Å². The highest BCUT2D eigenvalue weighted by molar-refractivity contribution is 5.93. The summed E-state index contributed by atoms with van der Waals surface area (Å²) in [5.74, 6) is -2.28. The maximum atomic E-state index is 13.2. The molecule has 0 radical (unpaired) electrons. The van der Waals surface area contributed by atoms with Crippen LogP contribution in [0.4, 0.5) is 20.4 Å². The zero-order valence-corrected chi connectivity index (χ0v) is 19.9. The number of ether oxygens (including phenoxy) is 2. The third-order valence-corrected chi connectivity index (χ3v) is 6.12. The van der Waals surface area contributed by atoms with E-state index < -0.39 is 18.4 Å². The van der Waals surface area contributed by atoms with E-state index in [4.69, 9.17) is 20.5 Å². The maximum absolute atomic E-state index is 13.2. The Hall–Kier alpha value is -3.82. The van der Waals surface area contributed by atoms with Crippen LogP contribution in [-0.4, -0.2) is 64.6 Å². The predicted molar refractivity (Wildman–Crippen MR) is 125 cm³/mol. The first-order valence-electron chi connectivity index (χ1n) is 11.7. The fourth-order valence-corrected chi connectivity index (χ4v) is 3.83. The number of halogens is 2. The summed E-state index contributed by atoms with van der Waals surface area (Å²) in [4.78, 5) is 30.9. The van der Waals surface area contributed by atoms with Crippen molar-refractivity contribution in [3.63, 3.8) is 0 Å². The Labute approximate surface area is 207 Å². The van der Waals surface area contributed by atoms with Crippen LogP contribution in [0.25, 0.3) is 0 Å². The van der Waals surface area contributed by atoms with Gasteiger partial charge in [0.25, 0.3) is 11.8 Å². The number of anilines is 2. The van der Waals surface area contributed by atoms with Gasteiger partial charge in [-0.3, -0.25) is 4.79 Å². The van der Waals surface area contributed by atoms with E-state index in [1.54, 1.807) is 0 Å². The number of hydrogen-bond acceptors (Lipinski definition) is 10. The summed E-state index contributed by atoms with van der Waals surface area (Å²) >= 11 is 0. The molecular formula is C23H28F2N8O3. The Balaban J connectivity index is 1.40. The minimum Gasteiger partial charge on any atom is -0.488 e. The molecule has 0 aromatic carbocycles. The molecule has 1 saturated carbocycles. The van der Waals surface area contributed by atoms with Crippen molar-refractivity contribution in [1.82, 2.24) is 25.3 Å². The molecule has 2 atom stereocenters. The number of piperidine rings is 1. The van der Waals surface area contributed by atoms with E-state index in [1.807, 2.05) is 4.90 Å². The predicted octanol–water partition coefficient (Wildman–Crippen LogP) is 2.07. The van der Waals surface area contributed by atoms with Crippen LogP contribution in [0.15, 0.2) is 18.6 Å². The van der Waals surface area contributed by atoms with Crippen molar-refractivity contribution in [2.45, 2.75) is 32.1 Å². The summed E-state index contributed by atoms with van der Waals surface area (Å²) in [5, 5.41) is 11.2. The third kappa shape index (κ3) is 6.87. The first kappa shape index (κ1) is 25.3. The van der Waals surface area contributed by atoms with Gasteiger partial charge in [0, 0.05) is 32.0 Å². The summed E-state index contributed by atoms with van der Waals surface area (Å²) in [5.41, 5.74) is 5.74. The number of amides is 1. The molecule has 1 saturated heterocycles. The molecule has 0 bridgehead atoms. The number of carbonyl (C=O) groups excluding carboxylic acids is 1. The lowest BCUT2D eigenvalue weighted by Gasteiger charge is -2.32. The van der Waals surface area contributed by atoms with E-state index in [1.165, 1.54) is 18.6 Å². The maximum Gasteiger partial charge on any atom is 0.319 e. The largest absolute Gasteiger partial charge is 0.488 e. The van der Waals surface area contributed by atoms with Crippen LogP contribution in [0.1, 0.15) is 36.7 Å². The van der Waals surface area contributed by atoms with Gasteiger partial charge in [0.05, 0.1) is 37.9 Å². The first-order chi connectivity index (χ1) is 17.2. The zero-order valence-electron chi connectivity index (χ0n) is 19.9. The summed E-state index contributed by atoms with van der Waals surface area (Å²) in [7, 11) is 0. The van der Waals surface area contributed by atoms with E-state index in [2.05, 4.69) is 31.3 Å². The number of carbonyl (C=O) groups is 1. The van der Waals surface area contributed by atoms with Gasteiger partial charge in [-0.2, -0.15) is 15.2 Å². The highest BCUT2D eigenvalue weighted by Crippen LogP contribution is 2.37. The van der Waals surface area contributed by atoms with Gasteiger partial charge >= 0.3 is 6.01 Å². The number of nitriles is 1. The molecule has 1 amide bonds. The van der Waals surface area contributed by atoms with E-state index in [0.29, 0.717) is 31.3 Å². The molecule has 1 aliphatic carbocycles. The SMILES string of the molecule is CC(F)(F)CNC(=O)c1cc(N2CCC(COc3cncnc3N)CC2)nc(OC[C@H]2C[C@H]2C#N)n1. The fourth-order valence-electron chi connectivity index (χ4n) is 3.83. The summed E-state index contributed by atoms with van der Waals surface area (Å²) < 4.78 is 37.9. The van der Waals surface area contributed by atoms with E-state index >= 15 is 0 Å². The number of aromatic nitrogens is 4. The van der Waals surface area contributed by atoms with Crippen LogP contribution in [0.5, 0.6) is 11.8 Å². The Morgan fingerprint density at radius 1 is 1.31 bits per heavy atom. The molecule has 2 aliphatic rings. The van der Waals surface area contributed by atoms with Crippen LogP contribution in [0.3, 0.4) is 0 Å². The van der Waals surface area contributed by atoms with Crippen molar-refractivity contribution >= 4 is 17.5 Å². The standard InChI is InChI=1S/C23H28F2N8O3/c1-23(24,25)12-29-21(34)17-7-19(32-22(31-17)36-11-16-6-15(16)8-26)33-4-2-14(3-5-33)10-35-18-9-28-13-30-20(18)27/h7,9,13-16H,2-6,10-12H2,1H3,(H,29,34)(H2,27,28,30)/t15-,16+/m0/s1. The molecule has 2 fully saturated rings. The minimum absolute atomic E-state index is 0.0190. The number of nitrogen functional groups attached to an aromatic ring is 1. The Kier molecular flexibility index (Phi) is 7.61. The van der Waals surface area contributed by atoms with Gasteiger partial charge in [-0.25, -0.2) is 18.7 Å². The van der Waals surface area contributed by atoms with Gasteiger partial charge in [-0.05, 0) is 25.2 Å². The number of nitrogens with zero attached hydrogens (tertiary/aromatic N) is 6. The molecule has 13 heteroatoms. The molecule has 192 valence electrons. The molecule has 0 unspecified atom stereocenters. The van der Waals surface area contributed by atoms with Crippen LogP contribution in [0.2, 0.25) is 0 Å². The van der Waals surface area contributed by atoms with Crippen molar-refractivity contribution in [3.05, 3.63) is 24.3 Å². The lowest BCUT2D eigenvalue weighted by atomic mass is 9.98.